The summed E-state index contributed by atoms with van der Waals surface area (Å²) >= 11 is 0. The van der Waals surface area contributed by atoms with Gasteiger partial charge in [-0.05, 0) is 54.8 Å². The molecule has 1 saturated carbocycles. The minimum absolute atomic E-state index is 0.0754. The number of carbonyl (C=O) groups excluding carboxylic acids is 1. The monoisotopic (exact) mass is 499 g/mol. The molecule has 3 N–H and O–H groups in total. The van der Waals surface area contributed by atoms with Gasteiger partial charge in [-0.15, -0.1) is 0 Å². The van der Waals surface area contributed by atoms with Crippen molar-refractivity contribution in [2.24, 2.45) is 5.92 Å². The van der Waals surface area contributed by atoms with E-state index in [1.165, 1.54) is 0 Å². The lowest BCUT2D eigenvalue weighted by Gasteiger charge is -2.11. The highest BCUT2D eigenvalue weighted by molar-refractivity contribution is 6.00. The summed E-state index contributed by atoms with van der Waals surface area (Å²) in [6, 6.07) is 18.2. The Morgan fingerprint density at radius 1 is 0.895 bits per heavy atom. The van der Waals surface area contributed by atoms with Crippen molar-refractivity contribution in [3.8, 4) is 33.8 Å². The number of anilines is 1. The number of carbonyl (C=O) groups is 1. The normalized spacial score (nSPS) is 13.9. The molecule has 0 unspecified atom stereocenters. The predicted octanol–water partition coefficient (Wildman–Crippen LogP) is 6.36. The van der Waals surface area contributed by atoms with E-state index in [2.05, 4.69) is 54.7 Å². The van der Waals surface area contributed by atoms with Gasteiger partial charge in [0.05, 0.1) is 28.8 Å². The summed E-state index contributed by atoms with van der Waals surface area (Å²) in [5.41, 5.74) is 8.69. The number of amides is 1. The second kappa shape index (κ2) is 9.23. The van der Waals surface area contributed by atoms with Crippen LogP contribution in [0.5, 0.6) is 0 Å². The van der Waals surface area contributed by atoms with E-state index in [-0.39, 0.29) is 11.8 Å². The quantitative estimate of drug-likeness (QED) is 0.256. The average Bonchev–Trinajstić information content (AvgIpc) is 3.73. The lowest BCUT2D eigenvalue weighted by atomic mass is 10.0. The Labute approximate surface area is 218 Å². The van der Waals surface area contributed by atoms with Crippen molar-refractivity contribution in [1.29, 1.82) is 0 Å². The van der Waals surface area contributed by atoms with Crippen molar-refractivity contribution < 1.29 is 4.79 Å². The molecule has 0 bridgehead atoms. The van der Waals surface area contributed by atoms with Crippen molar-refractivity contribution >= 4 is 33.5 Å². The number of benzene rings is 1. The van der Waals surface area contributed by atoms with Crippen LogP contribution < -0.4 is 5.32 Å². The van der Waals surface area contributed by atoms with Crippen LogP contribution in [-0.2, 0) is 4.79 Å². The maximum atomic E-state index is 12.6. The van der Waals surface area contributed by atoms with Crippen LogP contribution in [0.2, 0.25) is 0 Å². The molecule has 1 fully saturated rings. The van der Waals surface area contributed by atoms with E-state index >= 15 is 0 Å². The SMILES string of the molecule is O=C(Nc1cncc(-c2ccc3[nH]nc(-c4cc5c(-c6cccnc6)cccc5[nH]4)c3n2)c1)C1CCCC1. The van der Waals surface area contributed by atoms with Crippen molar-refractivity contribution in [3.05, 3.63) is 79.4 Å². The topological polar surface area (TPSA) is 112 Å². The highest BCUT2D eigenvalue weighted by Gasteiger charge is 2.23. The average molecular weight is 500 g/mol. The molecule has 0 aliphatic heterocycles. The number of aromatic nitrogens is 6. The van der Waals surface area contributed by atoms with Crippen molar-refractivity contribution in [2.45, 2.75) is 25.7 Å². The first-order chi connectivity index (χ1) is 18.7. The number of rotatable bonds is 5. The third-order valence-electron chi connectivity index (χ3n) is 7.33. The van der Waals surface area contributed by atoms with Crippen LogP contribution in [0.3, 0.4) is 0 Å². The largest absolute Gasteiger partial charge is 0.353 e. The predicted molar refractivity (Wildman–Crippen MR) is 148 cm³/mol. The smallest absolute Gasteiger partial charge is 0.227 e. The number of nitrogens with zero attached hydrogens (tertiary/aromatic N) is 4. The summed E-state index contributed by atoms with van der Waals surface area (Å²) in [4.78, 5) is 29.7. The highest BCUT2D eigenvalue weighted by atomic mass is 16.1. The summed E-state index contributed by atoms with van der Waals surface area (Å²) in [6.45, 7) is 0. The van der Waals surface area contributed by atoms with Crippen molar-refractivity contribution in [2.75, 3.05) is 5.32 Å². The zero-order valence-corrected chi connectivity index (χ0v) is 20.6. The molecule has 8 heteroatoms. The third-order valence-corrected chi connectivity index (χ3v) is 7.33. The van der Waals surface area contributed by atoms with Crippen LogP contribution >= 0.6 is 0 Å². The molecule has 5 heterocycles. The van der Waals surface area contributed by atoms with Crippen LogP contribution in [-0.4, -0.2) is 36.0 Å². The molecule has 7 rings (SSSR count). The number of pyridine rings is 3. The van der Waals surface area contributed by atoms with Crippen LogP contribution in [0.25, 0.3) is 55.7 Å². The van der Waals surface area contributed by atoms with Crippen LogP contribution in [0.4, 0.5) is 5.69 Å². The van der Waals surface area contributed by atoms with Gasteiger partial charge in [0.2, 0.25) is 5.91 Å². The van der Waals surface area contributed by atoms with E-state index in [1.54, 1.807) is 18.6 Å². The number of hydrogen-bond acceptors (Lipinski definition) is 5. The molecule has 1 aromatic carbocycles. The van der Waals surface area contributed by atoms with Crippen molar-refractivity contribution in [3.63, 3.8) is 0 Å². The first kappa shape index (κ1) is 22.4. The number of nitrogens with one attached hydrogen (secondary N) is 3. The Kier molecular flexibility index (Phi) is 5.43. The molecular weight excluding hydrogens is 474 g/mol. The molecule has 8 nitrogen and oxygen atoms in total. The summed E-state index contributed by atoms with van der Waals surface area (Å²) < 4.78 is 0. The number of hydrogen-bond donors (Lipinski definition) is 3. The summed E-state index contributed by atoms with van der Waals surface area (Å²) in [6.07, 6.45) is 11.3. The minimum Gasteiger partial charge on any atom is -0.353 e. The van der Waals surface area contributed by atoms with Crippen LogP contribution in [0, 0.1) is 5.92 Å². The van der Waals surface area contributed by atoms with E-state index in [0.717, 1.165) is 81.4 Å². The Morgan fingerprint density at radius 2 is 1.79 bits per heavy atom. The molecule has 38 heavy (non-hydrogen) atoms. The Bertz CT molecular complexity index is 1780. The van der Waals surface area contributed by atoms with E-state index in [1.807, 2.05) is 36.5 Å². The molecule has 0 saturated heterocycles. The number of aromatic amines is 2. The Morgan fingerprint density at radius 3 is 2.66 bits per heavy atom. The fraction of sp³-hybridized carbons (Fsp3) is 0.167. The maximum Gasteiger partial charge on any atom is 0.227 e. The van der Waals surface area contributed by atoms with Crippen LogP contribution in [0.15, 0.2) is 79.4 Å². The lowest BCUT2D eigenvalue weighted by molar-refractivity contribution is -0.119. The maximum absolute atomic E-state index is 12.6. The summed E-state index contributed by atoms with van der Waals surface area (Å²) in [7, 11) is 0. The lowest BCUT2D eigenvalue weighted by Crippen LogP contribution is -2.20. The van der Waals surface area contributed by atoms with E-state index in [9.17, 15) is 4.79 Å². The van der Waals surface area contributed by atoms with E-state index < -0.39 is 0 Å². The zero-order valence-electron chi connectivity index (χ0n) is 20.6. The highest BCUT2D eigenvalue weighted by Crippen LogP contribution is 2.34. The second-order valence-corrected chi connectivity index (χ2v) is 9.79. The minimum atomic E-state index is 0.0754. The molecule has 0 atom stereocenters. The molecule has 5 aromatic heterocycles. The van der Waals surface area contributed by atoms with Gasteiger partial charge in [0.1, 0.15) is 11.2 Å². The zero-order chi connectivity index (χ0) is 25.5. The number of fused-ring (bicyclic) bond motifs is 2. The molecular formula is C30H25N7O. The fourth-order valence-electron chi connectivity index (χ4n) is 5.38. The van der Waals surface area contributed by atoms with Gasteiger partial charge in [-0.25, -0.2) is 4.98 Å². The van der Waals surface area contributed by atoms with Gasteiger partial charge >= 0.3 is 0 Å². The second-order valence-electron chi connectivity index (χ2n) is 9.79. The molecule has 0 spiro atoms. The molecule has 186 valence electrons. The Balaban J connectivity index is 1.25. The van der Waals surface area contributed by atoms with Crippen molar-refractivity contribution in [1.82, 2.24) is 30.1 Å². The van der Waals surface area contributed by atoms with Gasteiger partial charge in [-0.1, -0.05) is 31.0 Å². The van der Waals surface area contributed by atoms with Gasteiger partial charge in [0, 0.05) is 46.5 Å². The first-order valence-corrected chi connectivity index (χ1v) is 12.9. The van der Waals surface area contributed by atoms with Gasteiger partial charge in [-0.2, -0.15) is 5.10 Å². The first-order valence-electron chi connectivity index (χ1n) is 12.9. The Hall–Kier alpha value is -4.85. The van der Waals surface area contributed by atoms with Gasteiger partial charge < -0.3 is 10.3 Å². The van der Waals surface area contributed by atoms with Gasteiger partial charge in [-0.3, -0.25) is 19.9 Å². The fourth-order valence-corrected chi connectivity index (χ4v) is 5.38. The van der Waals surface area contributed by atoms with Gasteiger partial charge in [0.15, 0.2) is 0 Å². The molecule has 6 aromatic rings. The van der Waals surface area contributed by atoms with E-state index in [4.69, 9.17) is 4.98 Å². The van der Waals surface area contributed by atoms with Crippen LogP contribution in [0.1, 0.15) is 25.7 Å². The van der Waals surface area contributed by atoms with Gasteiger partial charge in [0.25, 0.3) is 0 Å². The molecule has 1 amide bonds. The number of H-pyrrole nitrogens is 2. The molecule has 1 aliphatic carbocycles. The molecule has 1 aliphatic rings. The summed E-state index contributed by atoms with van der Waals surface area (Å²) in [5.74, 6) is 0.169. The molecule has 0 radical (unpaired) electrons. The standard InChI is InChI=1S/C30H25N7O/c38-30(18-5-1-2-6-18)33-21-13-20(16-32-17-21)24-10-11-26-28(35-24)29(37-36-26)27-14-23-22(8-3-9-25(23)34-27)19-7-4-12-31-15-19/h3-4,7-18,34H,1-2,5-6H2,(H,33,38)(H,36,37). The summed E-state index contributed by atoms with van der Waals surface area (Å²) in [5, 5.41) is 11.8. The third kappa shape index (κ3) is 4.00. The van der Waals surface area contributed by atoms with E-state index in [0.29, 0.717) is 5.69 Å².